The van der Waals surface area contributed by atoms with Crippen LogP contribution in [0.15, 0.2) is 28.9 Å². The molecule has 3 heteroatoms. The van der Waals surface area contributed by atoms with Crippen LogP contribution in [0.5, 0.6) is 0 Å². The van der Waals surface area contributed by atoms with Gasteiger partial charge in [0.1, 0.15) is 5.58 Å². The van der Waals surface area contributed by atoms with E-state index in [1.807, 2.05) is 32.0 Å². The van der Waals surface area contributed by atoms with Gasteiger partial charge in [0.05, 0.1) is 12.7 Å². The molecule has 1 aromatic carbocycles. The first-order valence-corrected chi connectivity index (χ1v) is 6.86. The zero-order valence-electron chi connectivity index (χ0n) is 11.8. The predicted molar refractivity (Wildman–Crippen MR) is 77.2 cm³/mol. The molecule has 2 aromatic rings. The fourth-order valence-electron chi connectivity index (χ4n) is 2.33. The van der Waals surface area contributed by atoms with Crippen molar-refractivity contribution in [1.29, 1.82) is 0 Å². The molecule has 1 heterocycles. The van der Waals surface area contributed by atoms with Crippen LogP contribution in [0.4, 0.5) is 0 Å². The Morgan fingerprint density at radius 1 is 1.42 bits per heavy atom. The lowest BCUT2D eigenvalue weighted by Gasteiger charge is -2.12. The number of fused-ring (bicyclic) bond motifs is 1. The standard InChI is InChI=1S/C16H21NO2/c1-4-5-12(3)17-16(18)9-13-10-19-15-8-11(2)6-7-14(13)15/h6-8,10,12H,4-5,9H2,1-3H3,(H,17,18). The van der Waals surface area contributed by atoms with Crippen molar-refractivity contribution >= 4 is 16.9 Å². The maximum Gasteiger partial charge on any atom is 0.224 e. The van der Waals surface area contributed by atoms with Crippen LogP contribution in [0.25, 0.3) is 11.0 Å². The molecule has 1 aromatic heterocycles. The lowest BCUT2D eigenvalue weighted by atomic mass is 10.1. The fourth-order valence-corrected chi connectivity index (χ4v) is 2.33. The fraction of sp³-hybridized carbons (Fsp3) is 0.438. The minimum Gasteiger partial charge on any atom is -0.464 e. The summed E-state index contributed by atoms with van der Waals surface area (Å²) in [6, 6.07) is 6.29. The van der Waals surface area contributed by atoms with E-state index in [2.05, 4.69) is 12.2 Å². The van der Waals surface area contributed by atoms with Crippen molar-refractivity contribution in [1.82, 2.24) is 5.32 Å². The van der Waals surface area contributed by atoms with E-state index < -0.39 is 0 Å². The van der Waals surface area contributed by atoms with Gasteiger partial charge in [-0.3, -0.25) is 4.79 Å². The second-order valence-corrected chi connectivity index (χ2v) is 5.19. The van der Waals surface area contributed by atoms with E-state index in [-0.39, 0.29) is 11.9 Å². The molecule has 1 unspecified atom stereocenters. The first-order valence-electron chi connectivity index (χ1n) is 6.86. The van der Waals surface area contributed by atoms with Crippen molar-refractivity contribution < 1.29 is 9.21 Å². The molecular weight excluding hydrogens is 238 g/mol. The predicted octanol–water partition coefficient (Wildman–Crippen LogP) is 3.59. The van der Waals surface area contributed by atoms with Crippen LogP contribution in [0, 0.1) is 6.92 Å². The number of carbonyl (C=O) groups excluding carboxylic acids is 1. The first-order chi connectivity index (χ1) is 9.10. The molecule has 0 aliphatic carbocycles. The van der Waals surface area contributed by atoms with Crippen LogP contribution in [0.1, 0.15) is 37.8 Å². The quantitative estimate of drug-likeness (QED) is 0.891. The highest BCUT2D eigenvalue weighted by molar-refractivity contribution is 5.88. The monoisotopic (exact) mass is 259 g/mol. The Morgan fingerprint density at radius 3 is 2.95 bits per heavy atom. The first kappa shape index (κ1) is 13.7. The summed E-state index contributed by atoms with van der Waals surface area (Å²) in [4.78, 5) is 12.0. The highest BCUT2D eigenvalue weighted by Crippen LogP contribution is 2.22. The highest BCUT2D eigenvalue weighted by Gasteiger charge is 2.12. The summed E-state index contributed by atoms with van der Waals surface area (Å²) < 4.78 is 5.50. The van der Waals surface area contributed by atoms with Crippen molar-refractivity contribution in [3.8, 4) is 0 Å². The smallest absolute Gasteiger partial charge is 0.224 e. The molecular formula is C16H21NO2. The van der Waals surface area contributed by atoms with Gasteiger partial charge in [0.25, 0.3) is 0 Å². The average Bonchev–Trinajstić information content (AvgIpc) is 2.71. The Hall–Kier alpha value is -1.77. The number of aryl methyl sites for hydroxylation is 1. The van der Waals surface area contributed by atoms with E-state index in [1.54, 1.807) is 6.26 Å². The minimum absolute atomic E-state index is 0.0595. The van der Waals surface area contributed by atoms with Gasteiger partial charge < -0.3 is 9.73 Å². The summed E-state index contributed by atoms with van der Waals surface area (Å²) in [6.07, 6.45) is 4.16. The van der Waals surface area contributed by atoms with Crippen LogP contribution in [-0.2, 0) is 11.2 Å². The molecule has 0 aliphatic rings. The van der Waals surface area contributed by atoms with E-state index >= 15 is 0 Å². The van der Waals surface area contributed by atoms with Crippen LogP contribution in [0.3, 0.4) is 0 Å². The van der Waals surface area contributed by atoms with Crippen molar-refractivity contribution in [2.75, 3.05) is 0 Å². The summed E-state index contributed by atoms with van der Waals surface area (Å²) in [5.41, 5.74) is 2.97. The maximum absolute atomic E-state index is 12.0. The normalized spacial score (nSPS) is 12.6. The van der Waals surface area contributed by atoms with E-state index in [4.69, 9.17) is 4.42 Å². The van der Waals surface area contributed by atoms with Crippen LogP contribution in [0.2, 0.25) is 0 Å². The lowest BCUT2D eigenvalue weighted by molar-refractivity contribution is -0.121. The summed E-state index contributed by atoms with van der Waals surface area (Å²) in [7, 11) is 0. The number of hydrogen-bond donors (Lipinski definition) is 1. The van der Waals surface area contributed by atoms with Crippen molar-refractivity contribution in [2.45, 2.75) is 46.1 Å². The van der Waals surface area contributed by atoms with Gasteiger partial charge in [0, 0.05) is 17.0 Å². The average molecular weight is 259 g/mol. The largest absolute Gasteiger partial charge is 0.464 e. The molecule has 102 valence electrons. The van der Waals surface area contributed by atoms with Gasteiger partial charge in [-0.05, 0) is 31.9 Å². The van der Waals surface area contributed by atoms with Crippen LogP contribution in [-0.4, -0.2) is 11.9 Å². The molecule has 1 atom stereocenters. The Morgan fingerprint density at radius 2 is 2.21 bits per heavy atom. The second-order valence-electron chi connectivity index (χ2n) is 5.19. The third-order valence-electron chi connectivity index (χ3n) is 3.29. The number of carbonyl (C=O) groups is 1. The molecule has 1 N–H and O–H groups in total. The number of furan rings is 1. The van der Waals surface area contributed by atoms with E-state index in [1.165, 1.54) is 0 Å². The third kappa shape index (κ3) is 3.37. The summed E-state index contributed by atoms with van der Waals surface area (Å²) >= 11 is 0. The molecule has 0 spiro atoms. The number of nitrogens with one attached hydrogen (secondary N) is 1. The Balaban J connectivity index is 2.07. The molecule has 0 saturated carbocycles. The van der Waals surface area contributed by atoms with Gasteiger partial charge in [-0.2, -0.15) is 0 Å². The Kier molecular flexibility index (Phi) is 4.25. The molecule has 0 aliphatic heterocycles. The Bertz CT molecular complexity index is 571. The van der Waals surface area contributed by atoms with E-state index in [0.29, 0.717) is 6.42 Å². The summed E-state index contributed by atoms with van der Waals surface area (Å²) in [5.74, 6) is 0.0595. The van der Waals surface area contributed by atoms with Gasteiger partial charge in [-0.15, -0.1) is 0 Å². The number of amides is 1. The van der Waals surface area contributed by atoms with Crippen LogP contribution >= 0.6 is 0 Å². The second kappa shape index (κ2) is 5.91. The van der Waals surface area contributed by atoms with Crippen molar-refractivity contribution in [2.24, 2.45) is 0 Å². The number of benzene rings is 1. The van der Waals surface area contributed by atoms with Crippen molar-refractivity contribution in [3.05, 3.63) is 35.6 Å². The molecule has 0 fully saturated rings. The topological polar surface area (TPSA) is 42.2 Å². The van der Waals surface area contributed by atoms with E-state index in [9.17, 15) is 4.79 Å². The van der Waals surface area contributed by atoms with Gasteiger partial charge in [-0.1, -0.05) is 25.5 Å². The number of rotatable bonds is 5. The van der Waals surface area contributed by atoms with Gasteiger partial charge >= 0.3 is 0 Å². The summed E-state index contributed by atoms with van der Waals surface area (Å²) in [5, 5.41) is 4.05. The lowest BCUT2D eigenvalue weighted by Crippen LogP contribution is -2.33. The third-order valence-corrected chi connectivity index (χ3v) is 3.29. The molecule has 19 heavy (non-hydrogen) atoms. The van der Waals surface area contributed by atoms with Gasteiger partial charge in [-0.25, -0.2) is 0 Å². The zero-order valence-corrected chi connectivity index (χ0v) is 11.8. The van der Waals surface area contributed by atoms with Gasteiger partial charge in [0.15, 0.2) is 0 Å². The maximum atomic E-state index is 12.0. The molecule has 1 amide bonds. The molecule has 0 radical (unpaired) electrons. The molecule has 2 rings (SSSR count). The Labute approximate surface area is 114 Å². The SMILES string of the molecule is CCCC(C)NC(=O)Cc1coc2cc(C)ccc12. The minimum atomic E-state index is 0.0595. The highest BCUT2D eigenvalue weighted by atomic mass is 16.3. The molecule has 3 nitrogen and oxygen atoms in total. The zero-order chi connectivity index (χ0) is 13.8. The van der Waals surface area contributed by atoms with Crippen molar-refractivity contribution in [3.63, 3.8) is 0 Å². The van der Waals surface area contributed by atoms with Gasteiger partial charge in [0.2, 0.25) is 5.91 Å². The summed E-state index contributed by atoms with van der Waals surface area (Å²) in [6.45, 7) is 6.19. The molecule has 0 saturated heterocycles. The van der Waals surface area contributed by atoms with Crippen LogP contribution < -0.4 is 5.32 Å². The van der Waals surface area contributed by atoms with E-state index in [0.717, 1.165) is 34.9 Å². The molecule has 0 bridgehead atoms. The number of hydrogen-bond acceptors (Lipinski definition) is 2.